The third kappa shape index (κ3) is 4.05. The summed E-state index contributed by atoms with van der Waals surface area (Å²) in [5.41, 5.74) is 0.659. The number of nitrogens with zero attached hydrogens (tertiary/aromatic N) is 3. The number of carbonyl (C=O) groups is 1. The van der Waals surface area contributed by atoms with Gasteiger partial charge in [0.15, 0.2) is 11.6 Å². The van der Waals surface area contributed by atoms with Crippen molar-refractivity contribution in [2.75, 3.05) is 39.0 Å². The Morgan fingerprint density at radius 2 is 1.77 bits per heavy atom. The lowest BCUT2D eigenvalue weighted by Crippen LogP contribution is -2.46. The van der Waals surface area contributed by atoms with Crippen molar-refractivity contribution in [2.45, 2.75) is 0 Å². The number of amides is 1. The van der Waals surface area contributed by atoms with E-state index in [0.717, 1.165) is 25.2 Å². The van der Waals surface area contributed by atoms with Gasteiger partial charge < -0.3 is 10.2 Å². The summed E-state index contributed by atoms with van der Waals surface area (Å²) in [4.78, 5) is 21.1. The number of carbonyl (C=O) groups excluding carboxylic acids is 1. The van der Waals surface area contributed by atoms with Crippen LogP contribution in [0.3, 0.4) is 0 Å². The average molecular weight is 358 g/mol. The molecule has 7 heteroatoms. The molecular weight excluding hydrogens is 338 g/mol. The van der Waals surface area contributed by atoms with Gasteiger partial charge in [0.05, 0.1) is 17.8 Å². The van der Waals surface area contributed by atoms with E-state index in [1.165, 1.54) is 0 Å². The van der Waals surface area contributed by atoms with Crippen LogP contribution >= 0.6 is 0 Å². The predicted octanol–water partition coefficient (Wildman–Crippen LogP) is 3.12. The topological polar surface area (TPSA) is 47.9 Å². The summed E-state index contributed by atoms with van der Waals surface area (Å²) in [5.74, 6) is -1.96. The van der Waals surface area contributed by atoms with Gasteiger partial charge in [0.1, 0.15) is 5.84 Å². The lowest BCUT2D eigenvalue weighted by Gasteiger charge is -2.32. The van der Waals surface area contributed by atoms with Gasteiger partial charge in [0, 0.05) is 31.9 Å². The first kappa shape index (κ1) is 18.0. The maximum absolute atomic E-state index is 13.8. The Morgan fingerprint density at radius 1 is 1.08 bits per heavy atom. The van der Waals surface area contributed by atoms with Gasteiger partial charge in [-0.1, -0.05) is 18.2 Å². The van der Waals surface area contributed by atoms with E-state index >= 15 is 0 Å². The van der Waals surface area contributed by atoms with E-state index in [1.54, 1.807) is 24.3 Å². The van der Waals surface area contributed by atoms with Crippen LogP contribution in [0.25, 0.3) is 0 Å². The van der Waals surface area contributed by atoms with Gasteiger partial charge in [-0.2, -0.15) is 0 Å². The fraction of sp³-hybridized carbons (Fsp3) is 0.263. The molecule has 26 heavy (non-hydrogen) atoms. The van der Waals surface area contributed by atoms with Crippen LogP contribution in [0.15, 0.2) is 47.5 Å². The third-order valence-electron chi connectivity index (χ3n) is 4.23. The molecule has 0 radical (unpaired) electrons. The zero-order valence-corrected chi connectivity index (χ0v) is 14.7. The number of nitrogens with one attached hydrogen (secondary N) is 1. The quantitative estimate of drug-likeness (QED) is 0.917. The number of para-hydroxylation sites is 1. The Bertz CT molecular complexity index is 839. The molecule has 3 rings (SSSR count). The van der Waals surface area contributed by atoms with Crippen LogP contribution in [0, 0.1) is 11.6 Å². The molecule has 1 amide bonds. The maximum Gasteiger partial charge on any atom is 0.257 e. The summed E-state index contributed by atoms with van der Waals surface area (Å²) in [6.07, 6.45) is 0. The number of halogens is 2. The molecule has 0 atom stereocenters. The standard InChI is InChI=1S/C19H20F2N4O/c1-24-8-9-25(2)18(12-24)23-17-11-16(21)15(20)10-14(17)19(26)22-13-6-4-3-5-7-13/h3-7,10-11H,8-9,12H2,1-2H3,(H,22,26)/b23-18-. The number of benzene rings is 2. The lowest BCUT2D eigenvalue weighted by atomic mass is 10.1. The molecule has 0 spiro atoms. The molecule has 2 aromatic rings. The van der Waals surface area contributed by atoms with Crippen molar-refractivity contribution in [2.24, 2.45) is 4.99 Å². The Labute approximate surface area is 150 Å². The summed E-state index contributed by atoms with van der Waals surface area (Å²) in [5, 5.41) is 2.68. The van der Waals surface area contributed by atoms with Crippen molar-refractivity contribution in [3.63, 3.8) is 0 Å². The van der Waals surface area contributed by atoms with Crippen LogP contribution in [-0.2, 0) is 0 Å². The fourth-order valence-electron chi connectivity index (χ4n) is 2.68. The van der Waals surface area contributed by atoms with Crippen LogP contribution < -0.4 is 5.32 Å². The fourth-order valence-corrected chi connectivity index (χ4v) is 2.68. The van der Waals surface area contributed by atoms with Gasteiger partial charge in [-0.25, -0.2) is 13.8 Å². The minimum Gasteiger partial charge on any atom is -0.361 e. The number of piperazine rings is 1. The van der Waals surface area contributed by atoms with E-state index < -0.39 is 17.5 Å². The second-order valence-corrected chi connectivity index (χ2v) is 6.29. The maximum atomic E-state index is 13.8. The molecule has 0 aliphatic carbocycles. The largest absolute Gasteiger partial charge is 0.361 e. The third-order valence-corrected chi connectivity index (χ3v) is 4.23. The van der Waals surface area contributed by atoms with Gasteiger partial charge in [-0.15, -0.1) is 0 Å². The first-order valence-electron chi connectivity index (χ1n) is 8.26. The van der Waals surface area contributed by atoms with E-state index in [1.807, 2.05) is 25.1 Å². The normalized spacial score (nSPS) is 16.8. The zero-order valence-electron chi connectivity index (χ0n) is 14.7. The molecule has 0 bridgehead atoms. The van der Waals surface area contributed by atoms with Crippen molar-refractivity contribution >= 4 is 23.1 Å². The Balaban J connectivity index is 1.97. The van der Waals surface area contributed by atoms with Crippen molar-refractivity contribution < 1.29 is 13.6 Å². The molecule has 5 nitrogen and oxygen atoms in total. The smallest absolute Gasteiger partial charge is 0.257 e. The molecular formula is C19H20F2N4O. The molecule has 1 fully saturated rings. The van der Waals surface area contributed by atoms with Crippen LogP contribution in [0.5, 0.6) is 0 Å². The Morgan fingerprint density at radius 3 is 2.50 bits per heavy atom. The van der Waals surface area contributed by atoms with Crippen LogP contribution in [-0.4, -0.2) is 55.3 Å². The number of likely N-dealkylation sites (N-methyl/N-ethyl adjacent to an activating group) is 2. The Kier molecular flexibility index (Phi) is 5.27. The second-order valence-electron chi connectivity index (χ2n) is 6.29. The van der Waals surface area contributed by atoms with E-state index in [9.17, 15) is 13.6 Å². The summed E-state index contributed by atoms with van der Waals surface area (Å²) >= 11 is 0. The Hall–Kier alpha value is -2.80. The zero-order chi connectivity index (χ0) is 18.7. The first-order chi connectivity index (χ1) is 12.4. The number of hydrogen-bond acceptors (Lipinski definition) is 3. The van der Waals surface area contributed by atoms with E-state index in [2.05, 4.69) is 15.2 Å². The van der Waals surface area contributed by atoms with Gasteiger partial charge in [-0.3, -0.25) is 9.69 Å². The highest BCUT2D eigenvalue weighted by Gasteiger charge is 2.20. The van der Waals surface area contributed by atoms with Gasteiger partial charge in [0.25, 0.3) is 5.91 Å². The first-order valence-corrected chi connectivity index (χ1v) is 8.26. The molecule has 1 N–H and O–H groups in total. The van der Waals surface area contributed by atoms with E-state index in [0.29, 0.717) is 18.1 Å². The van der Waals surface area contributed by atoms with Gasteiger partial charge >= 0.3 is 0 Å². The molecule has 0 unspecified atom stereocenters. The lowest BCUT2D eigenvalue weighted by molar-refractivity contribution is 0.102. The highest BCUT2D eigenvalue weighted by Crippen LogP contribution is 2.25. The number of amidine groups is 1. The number of rotatable bonds is 3. The van der Waals surface area contributed by atoms with Gasteiger partial charge in [-0.05, 0) is 25.2 Å². The van der Waals surface area contributed by atoms with Crippen molar-refractivity contribution in [1.82, 2.24) is 9.80 Å². The molecule has 0 aromatic heterocycles. The summed E-state index contributed by atoms with van der Waals surface area (Å²) in [6.45, 7) is 2.22. The highest BCUT2D eigenvalue weighted by atomic mass is 19.2. The SMILES string of the molecule is CN1CCN(C)/C(=N\c2cc(F)c(F)cc2C(=O)Nc2ccccc2)C1. The number of anilines is 1. The summed E-state index contributed by atoms with van der Waals surface area (Å²) in [6, 6.07) is 10.6. The minimum absolute atomic E-state index is 0.0121. The molecule has 2 aromatic carbocycles. The molecule has 1 heterocycles. The van der Waals surface area contributed by atoms with E-state index in [-0.39, 0.29) is 11.3 Å². The molecule has 1 aliphatic rings. The van der Waals surface area contributed by atoms with Crippen molar-refractivity contribution in [3.8, 4) is 0 Å². The van der Waals surface area contributed by atoms with E-state index in [4.69, 9.17) is 0 Å². The summed E-state index contributed by atoms with van der Waals surface area (Å²) in [7, 11) is 3.84. The monoisotopic (exact) mass is 358 g/mol. The van der Waals surface area contributed by atoms with Crippen molar-refractivity contribution in [3.05, 3.63) is 59.7 Å². The number of aliphatic imine (C=N–C) groups is 1. The van der Waals surface area contributed by atoms with Gasteiger partial charge in [0.2, 0.25) is 0 Å². The molecule has 0 saturated carbocycles. The van der Waals surface area contributed by atoms with Crippen LogP contribution in [0.1, 0.15) is 10.4 Å². The van der Waals surface area contributed by atoms with Crippen LogP contribution in [0.2, 0.25) is 0 Å². The predicted molar refractivity (Wildman–Crippen MR) is 98.0 cm³/mol. The average Bonchev–Trinajstić information content (AvgIpc) is 2.62. The molecule has 1 aliphatic heterocycles. The van der Waals surface area contributed by atoms with Crippen LogP contribution in [0.4, 0.5) is 20.2 Å². The highest BCUT2D eigenvalue weighted by molar-refractivity contribution is 6.08. The van der Waals surface area contributed by atoms with Crippen molar-refractivity contribution in [1.29, 1.82) is 0 Å². The minimum atomic E-state index is -1.08. The molecule has 136 valence electrons. The number of hydrogen-bond donors (Lipinski definition) is 1. The molecule has 1 saturated heterocycles. The second kappa shape index (κ2) is 7.61. The summed E-state index contributed by atoms with van der Waals surface area (Å²) < 4.78 is 27.5.